The lowest BCUT2D eigenvalue weighted by Gasteiger charge is -2.09. The number of rotatable bonds is 9. The van der Waals surface area contributed by atoms with Crippen LogP contribution in [-0.2, 0) is 14.6 Å². The Balaban J connectivity index is 1.55. The third-order valence-electron chi connectivity index (χ3n) is 4.11. The van der Waals surface area contributed by atoms with Gasteiger partial charge < -0.3 is 9.47 Å². The van der Waals surface area contributed by atoms with Crippen LogP contribution in [0.2, 0.25) is 0 Å². The van der Waals surface area contributed by atoms with Crippen molar-refractivity contribution in [1.29, 1.82) is 5.26 Å². The molecule has 33 heavy (non-hydrogen) atoms. The van der Waals surface area contributed by atoms with E-state index < -0.39 is 15.7 Å². The number of hydrogen-bond donors (Lipinski definition) is 1. The predicted octanol–water partition coefficient (Wildman–Crippen LogP) is 3.25. The lowest BCUT2D eigenvalue weighted by Crippen LogP contribution is -2.13. The summed E-state index contributed by atoms with van der Waals surface area (Å²) >= 11 is 0.707. The van der Waals surface area contributed by atoms with Gasteiger partial charge in [0.05, 0.1) is 0 Å². The van der Waals surface area contributed by atoms with E-state index in [1.807, 2.05) is 37.3 Å². The fraction of sp³-hybridized carbons (Fsp3) is 0.182. The number of sulfone groups is 1. The second kappa shape index (κ2) is 10.7. The van der Waals surface area contributed by atoms with Gasteiger partial charge in [-0.15, -0.1) is 10.2 Å². The summed E-state index contributed by atoms with van der Waals surface area (Å²) in [6.07, 6.45) is 2.39. The third-order valence-corrected chi connectivity index (χ3v) is 6.62. The molecule has 0 atom stereocenters. The van der Waals surface area contributed by atoms with Crippen molar-refractivity contribution in [2.75, 3.05) is 24.8 Å². The van der Waals surface area contributed by atoms with Crippen molar-refractivity contribution in [2.45, 2.75) is 11.3 Å². The van der Waals surface area contributed by atoms with Crippen molar-refractivity contribution < 1.29 is 22.7 Å². The predicted molar refractivity (Wildman–Crippen MR) is 124 cm³/mol. The van der Waals surface area contributed by atoms with Crippen molar-refractivity contribution in [2.24, 2.45) is 0 Å². The van der Waals surface area contributed by atoms with Gasteiger partial charge in [0.25, 0.3) is 5.91 Å². The minimum Gasteiger partial charge on any atom is -0.490 e. The highest BCUT2D eigenvalue weighted by Crippen LogP contribution is 2.21. The van der Waals surface area contributed by atoms with E-state index in [0.29, 0.717) is 35.9 Å². The molecule has 3 rings (SSSR count). The minimum absolute atomic E-state index is 0.0156. The highest BCUT2D eigenvalue weighted by molar-refractivity contribution is 7.92. The van der Waals surface area contributed by atoms with Crippen LogP contribution >= 0.6 is 11.3 Å². The van der Waals surface area contributed by atoms with Gasteiger partial charge in [-0.25, -0.2) is 8.42 Å². The van der Waals surface area contributed by atoms with E-state index >= 15 is 0 Å². The van der Waals surface area contributed by atoms with Gasteiger partial charge in [-0.3, -0.25) is 10.1 Å². The van der Waals surface area contributed by atoms with Crippen LogP contribution in [0.15, 0.2) is 58.4 Å². The molecule has 1 N–H and O–H groups in total. The molecule has 170 valence electrons. The normalized spacial score (nSPS) is 11.5. The molecule has 0 aliphatic heterocycles. The number of nitrogens with zero attached hydrogens (tertiary/aromatic N) is 3. The fourth-order valence-electron chi connectivity index (χ4n) is 2.57. The van der Waals surface area contributed by atoms with Gasteiger partial charge in [0.2, 0.25) is 19.3 Å². The maximum Gasteiger partial charge on any atom is 0.268 e. The number of nitriles is 1. The van der Waals surface area contributed by atoms with Crippen LogP contribution in [0.25, 0.3) is 6.08 Å². The maximum atomic E-state index is 12.3. The number of benzene rings is 2. The van der Waals surface area contributed by atoms with E-state index in [2.05, 4.69) is 15.5 Å². The first-order valence-corrected chi connectivity index (χ1v) is 12.3. The molecule has 11 heteroatoms. The number of hydrogen-bond acceptors (Lipinski definition) is 9. The summed E-state index contributed by atoms with van der Waals surface area (Å²) in [6.45, 7) is 2.73. The number of amides is 1. The summed E-state index contributed by atoms with van der Waals surface area (Å²) in [5.74, 6) is 0.676. The monoisotopic (exact) mass is 484 g/mol. The topological polar surface area (TPSA) is 131 Å². The molecular weight excluding hydrogens is 464 g/mol. The van der Waals surface area contributed by atoms with Gasteiger partial charge >= 0.3 is 0 Å². The van der Waals surface area contributed by atoms with Crippen molar-refractivity contribution in [3.63, 3.8) is 0 Å². The molecule has 0 saturated heterocycles. The average molecular weight is 485 g/mol. The number of nitrogens with one attached hydrogen (secondary N) is 1. The molecule has 0 unspecified atom stereocenters. The zero-order valence-electron chi connectivity index (χ0n) is 17.8. The minimum atomic E-state index is -3.53. The Hall–Kier alpha value is -3.75. The van der Waals surface area contributed by atoms with E-state index in [0.717, 1.165) is 17.6 Å². The fourth-order valence-corrected chi connectivity index (χ4v) is 4.08. The first-order valence-electron chi connectivity index (χ1n) is 9.63. The lowest BCUT2D eigenvalue weighted by molar-refractivity contribution is -0.112. The van der Waals surface area contributed by atoms with E-state index in [4.69, 9.17) is 9.47 Å². The van der Waals surface area contributed by atoms with Crippen molar-refractivity contribution in [1.82, 2.24) is 10.2 Å². The summed E-state index contributed by atoms with van der Waals surface area (Å²) < 4.78 is 34.0. The Morgan fingerprint density at radius 3 is 2.42 bits per heavy atom. The van der Waals surface area contributed by atoms with E-state index in [1.165, 1.54) is 6.08 Å². The summed E-state index contributed by atoms with van der Waals surface area (Å²) in [5.41, 5.74) is 1.55. The van der Waals surface area contributed by atoms with Crippen molar-refractivity contribution in [3.8, 4) is 17.6 Å². The smallest absolute Gasteiger partial charge is 0.268 e. The number of ether oxygens (including phenoxy) is 2. The Bertz CT molecular complexity index is 1310. The average Bonchev–Trinajstić information content (AvgIpc) is 3.25. The quantitative estimate of drug-likeness (QED) is 0.212. The molecule has 0 aliphatic carbocycles. The van der Waals surface area contributed by atoms with Crippen LogP contribution in [0.1, 0.15) is 11.1 Å². The van der Waals surface area contributed by atoms with Crippen LogP contribution in [-0.4, -0.2) is 44.0 Å². The molecule has 1 aromatic heterocycles. The Morgan fingerprint density at radius 2 is 1.82 bits per heavy atom. The Kier molecular flexibility index (Phi) is 7.76. The largest absolute Gasteiger partial charge is 0.490 e. The van der Waals surface area contributed by atoms with Gasteiger partial charge in [0.1, 0.15) is 36.4 Å². The maximum absolute atomic E-state index is 12.3. The lowest BCUT2D eigenvalue weighted by atomic mass is 10.1. The summed E-state index contributed by atoms with van der Waals surface area (Å²) in [7, 11) is -3.53. The summed E-state index contributed by atoms with van der Waals surface area (Å²) in [4.78, 5) is 12.3. The zero-order valence-corrected chi connectivity index (χ0v) is 19.4. The van der Waals surface area contributed by atoms with Crippen LogP contribution in [0.3, 0.4) is 0 Å². The number of aryl methyl sites for hydroxylation is 1. The van der Waals surface area contributed by atoms with Gasteiger partial charge in [-0.05, 0) is 48.4 Å². The molecule has 0 aliphatic rings. The second-order valence-electron chi connectivity index (χ2n) is 6.85. The van der Waals surface area contributed by atoms with Crippen molar-refractivity contribution >= 4 is 38.3 Å². The van der Waals surface area contributed by atoms with Gasteiger partial charge in [0, 0.05) is 6.26 Å². The number of anilines is 1. The van der Waals surface area contributed by atoms with Crippen LogP contribution in [0, 0.1) is 18.3 Å². The molecule has 2 aromatic carbocycles. The van der Waals surface area contributed by atoms with E-state index in [-0.39, 0.29) is 15.0 Å². The first kappa shape index (κ1) is 23.9. The standard InChI is InChI=1S/C22H20N4O5S2/c1-15-4-3-5-19(12-15)31-11-10-30-18-8-6-16(7-9-18)13-17(14-23)20(27)24-21-25-26-22(32-21)33(2,28)29/h3-9,12-13H,10-11H2,1-2H3,(H,24,25,27). The molecule has 1 amide bonds. The van der Waals surface area contributed by atoms with Crippen LogP contribution < -0.4 is 14.8 Å². The molecule has 0 bridgehead atoms. The molecule has 0 fully saturated rings. The molecule has 9 nitrogen and oxygen atoms in total. The highest BCUT2D eigenvalue weighted by atomic mass is 32.2. The van der Waals surface area contributed by atoms with Crippen LogP contribution in [0.4, 0.5) is 5.13 Å². The number of aromatic nitrogens is 2. The molecule has 3 aromatic rings. The van der Waals surface area contributed by atoms with Crippen molar-refractivity contribution in [3.05, 3.63) is 65.2 Å². The molecule has 0 radical (unpaired) electrons. The highest BCUT2D eigenvalue weighted by Gasteiger charge is 2.17. The van der Waals surface area contributed by atoms with Crippen LogP contribution in [0.5, 0.6) is 11.5 Å². The second-order valence-corrected chi connectivity index (χ2v) is 10.0. The summed E-state index contributed by atoms with van der Waals surface area (Å²) in [6, 6.07) is 16.4. The SMILES string of the molecule is Cc1cccc(OCCOc2ccc(C=C(C#N)C(=O)Nc3nnc(S(C)(=O)=O)s3)cc2)c1. The van der Waals surface area contributed by atoms with Gasteiger partial charge in [0.15, 0.2) is 0 Å². The number of carbonyl (C=O) groups excluding carboxylic acids is 1. The van der Waals surface area contributed by atoms with Gasteiger partial charge in [-0.1, -0.05) is 35.6 Å². The Labute approximate surface area is 195 Å². The van der Waals surface area contributed by atoms with E-state index in [9.17, 15) is 18.5 Å². The molecule has 0 spiro atoms. The Morgan fingerprint density at radius 1 is 1.12 bits per heavy atom. The number of carbonyl (C=O) groups is 1. The summed E-state index contributed by atoms with van der Waals surface area (Å²) in [5, 5.41) is 18.8. The molecule has 1 heterocycles. The third kappa shape index (κ3) is 7.13. The van der Waals surface area contributed by atoms with Gasteiger partial charge in [-0.2, -0.15) is 5.26 Å². The molecule has 0 saturated carbocycles. The molecular formula is C22H20N4O5S2. The zero-order chi connectivity index (χ0) is 23.8. The first-order chi connectivity index (χ1) is 15.7. The van der Waals surface area contributed by atoms with E-state index in [1.54, 1.807) is 24.3 Å².